The summed E-state index contributed by atoms with van der Waals surface area (Å²) in [5.41, 5.74) is 0.691. The van der Waals surface area contributed by atoms with Gasteiger partial charge >= 0.3 is 0 Å². The van der Waals surface area contributed by atoms with Gasteiger partial charge in [0.2, 0.25) is 0 Å². The van der Waals surface area contributed by atoms with Crippen LogP contribution in [0.1, 0.15) is 0 Å². The highest BCUT2D eigenvalue weighted by Gasteiger charge is 2.24. The zero-order valence-corrected chi connectivity index (χ0v) is 23.6. The SMILES string of the molecule is COc1cccc2c1ncn2-c1ccc2ncnc(Nc3c(F)ccc(NS(=O)(=O)c4cccc(Cl)c4Cl)c3F)c2n1. The van der Waals surface area contributed by atoms with Gasteiger partial charge in [0.25, 0.3) is 10.0 Å². The molecule has 6 aromatic rings. The monoisotopic (exact) mass is 627 g/mol. The lowest BCUT2D eigenvalue weighted by atomic mass is 10.2. The molecule has 42 heavy (non-hydrogen) atoms. The van der Waals surface area contributed by atoms with Crippen molar-refractivity contribution in [1.82, 2.24) is 24.5 Å². The number of nitrogens with one attached hydrogen (secondary N) is 2. The van der Waals surface area contributed by atoms with E-state index < -0.39 is 33.0 Å². The normalized spacial score (nSPS) is 11.6. The summed E-state index contributed by atoms with van der Waals surface area (Å²) in [7, 11) is -2.85. The molecule has 0 atom stereocenters. The molecule has 212 valence electrons. The van der Waals surface area contributed by atoms with Crippen molar-refractivity contribution in [2.24, 2.45) is 0 Å². The third-order valence-corrected chi connectivity index (χ3v) is 8.60. The highest BCUT2D eigenvalue weighted by molar-refractivity contribution is 7.92. The summed E-state index contributed by atoms with van der Waals surface area (Å²) in [6, 6.07) is 14.6. The number of rotatable bonds is 7. The molecule has 0 bridgehead atoms. The Morgan fingerprint density at radius 2 is 1.74 bits per heavy atom. The van der Waals surface area contributed by atoms with Gasteiger partial charge in [-0.05, 0) is 48.5 Å². The first-order valence-corrected chi connectivity index (χ1v) is 14.3. The summed E-state index contributed by atoms with van der Waals surface area (Å²) in [4.78, 5) is 17.0. The van der Waals surface area contributed by atoms with Crippen molar-refractivity contribution in [3.8, 4) is 11.6 Å². The quantitative estimate of drug-likeness (QED) is 0.205. The molecule has 2 N–H and O–H groups in total. The van der Waals surface area contributed by atoms with Crippen LogP contribution in [-0.4, -0.2) is 40.0 Å². The highest BCUT2D eigenvalue weighted by Crippen LogP contribution is 2.34. The van der Waals surface area contributed by atoms with Crippen molar-refractivity contribution in [3.05, 3.63) is 95.0 Å². The van der Waals surface area contributed by atoms with Crippen molar-refractivity contribution in [1.29, 1.82) is 0 Å². The number of ether oxygens (including phenoxy) is 1. The fraction of sp³-hybridized carbons (Fsp3) is 0.0370. The van der Waals surface area contributed by atoms with Gasteiger partial charge in [0.15, 0.2) is 11.6 Å². The van der Waals surface area contributed by atoms with Gasteiger partial charge in [-0.2, -0.15) is 0 Å². The first-order valence-electron chi connectivity index (χ1n) is 12.0. The molecule has 0 amide bonds. The zero-order chi connectivity index (χ0) is 29.6. The Bertz CT molecular complexity index is 2130. The van der Waals surface area contributed by atoms with Crippen molar-refractivity contribution >= 4 is 72.5 Å². The highest BCUT2D eigenvalue weighted by atomic mass is 35.5. The topological polar surface area (TPSA) is 124 Å². The predicted molar refractivity (Wildman–Crippen MR) is 155 cm³/mol. The summed E-state index contributed by atoms with van der Waals surface area (Å²) < 4.78 is 65.7. The summed E-state index contributed by atoms with van der Waals surface area (Å²) in [6.45, 7) is 0. The van der Waals surface area contributed by atoms with E-state index in [-0.39, 0.29) is 26.3 Å². The van der Waals surface area contributed by atoms with Crippen LogP contribution in [0.4, 0.5) is 26.0 Å². The van der Waals surface area contributed by atoms with Crippen molar-refractivity contribution in [2.75, 3.05) is 17.1 Å². The minimum atomic E-state index is -4.39. The van der Waals surface area contributed by atoms with Crippen molar-refractivity contribution < 1.29 is 21.9 Å². The number of methoxy groups -OCH3 is 1. The second-order valence-corrected chi connectivity index (χ2v) is 11.2. The number of nitrogens with zero attached hydrogens (tertiary/aromatic N) is 5. The van der Waals surface area contributed by atoms with Crippen LogP contribution in [-0.2, 0) is 10.0 Å². The summed E-state index contributed by atoms with van der Waals surface area (Å²) in [5.74, 6) is -1.26. The van der Waals surface area contributed by atoms with Gasteiger partial charge in [0, 0.05) is 0 Å². The molecule has 0 aliphatic rings. The number of hydrogen-bond donors (Lipinski definition) is 2. The number of para-hydroxylation sites is 1. The fourth-order valence-corrected chi connectivity index (χ4v) is 6.09. The minimum Gasteiger partial charge on any atom is -0.494 e. The van der Waals surface area contributed by atoms with E-state index in [1.54, 1.807) is 36.2 Å². The van der Waals surface area contributed by atoms with E-state index in [9.17, 15) is 12.8 Å². The molecular formula is C27H17Cl2F2N7O3S. The summed E-state index contributed by atoms with van der Waals surface area (Å²) in [5, 5.41) is 2.36. The maximum absolute atomic E-state index is 15.6. The molecule has 0 fully saturated rings. The zero-order valence-electron chi connectivity index (χ0n) is 21.3. The fourth-order valence-electron chi connectivity index (χ4n) is 4.27. The van der Waals surface area contributed by atoms with Gasteiger partial charge in [0.05, 0.1) is 33.9 Å². The van der Waals surface area contributed by atoms with Gasteiger partial charge in [-0.3, -0.25) is 9.29 Å². The van der Waals surface area contributed by atoms with Crippen LogP contribution in [0.25, 0.3) is 27.9 Å². The maximum atomic E-state index is 15.6. The Kier molecular flexibility index (Phi) is 7.01. The molecule has 0 aliphatic heterocycles. The third-order valence-electron chi connectivity index (χ3n) is 6.26. The van der Waals surface area contributed by atoms with Crippen LogP contribution in [0.15, 0.2) is 78.2 Å². The molecule has 0 saturated carbocycles. The Labute approximate surface area is 247 Å². The largest absolute Gasteiger partial charge is 0.494 e. The molecule has 15 heteroatoms. The molecule has 0 spiro atoms. The molecule has 0 aliphatic carbocycles. The van der Waals surface area contributed by atoms with E-state index >= 15 is 4.39 Å². The Balaban J connectivity index is 1.39. The average molecular weight is 628 g/mol. The number of sulfonamides is 1. The molecule has 0 radical (unpaired) electrons. The lowest BCUT2D eigenvalue weighted by Gasteiger charge is -2.15. The number of fused-ring (bicyclic) bond motifs is 2. The van der Waals surface area contributed by atoms with Gasteiger partial charge in [-0.25, -0.2) is 37.1 Å². The minimum absolute atomic E-state index is 0.00758. The van der Waals surface area contributed by atoms with Crippen LogP contribution in [0.2, 0.25) is 10.0 Å². The van der Waals surface area contributed by atoms with Gasteiger partial charge < -0.3 is 10.1 Å². The van der Waals surface area contributed by atoms with E-state index in [0.29, 0.717) is 28.1 Å². The third kappa shape index (κ3) is 4.81. The maximum Gasteiger partial charge on any atom is 0.263 e. The van der Waals surface area contributed by atoms with E-state index in [0.717, 1.165) is 12.1 Å². The summed E-state index contributed by atoms with van der Waals surface area (Å²) in [6.07, 6.45) is 2.77. The number of pyridine rings is 1. The molecule has 10 nitrogen and oxygen atoms in total. The summed E-state index contributed by atoms with van der Waals surface area (Å²) >= 11 is 12.0. The van der Waals surface area contributed by atoms with Crippen LogP contribution < -0.4 is 14.8 Å². The molecule has 6 rings (SSSR count). The van der Waals surface area contributed by atoms with E-state index in [2.05, 4.69) is 30.0 Å². The first-order chi connectivity index (χ1) is 20.2. The lowest BCUT2D eigenvalue weighted by Crippen LogP contribution is -2.15. The number of anilines is 3. The van der Waals surface area contributed by atoms with Gasteiger partial charge in [0.1, 0.15) is 51.7 Å². The Morgan fingerprint density at radius 3 is 2.55 bits per heavy atom. The molecular weight excluding hydrogens is 611 g/mol. The van der Waals surface area contributed by atoms with E-state index in [1.807, 2.05) is 12.1 Å². The number of halogens is 4. The van der Waals surface area contributed by atoms with Gasteiger partial charge in [-0.1, -0.05) is 35.3 Å². The van der Waals surface area contributed by atoms with Crippen LogP contribution in [0.3, 0.4) is 0 Å². The van der Waals surface area contributed by atoms with E-state index in [4.69, 9.17) is 27.9 Å². The standard InChI is InChI=1S/C27H17Cl2F2N7O3S/c1-41-19-6-3-5-18-26(19)34-13-38(18)21-11-10-17-25(35-21)27(33-12-32-17)36-24-15(30)8-9-16(23(24)31)37-42(39,40)20-7-2-4-14(28)22(20)29/h2-13,37H,1H3,(H,32,33,36). The van der Waals surface area contributed by atoms with Crippen LogP contribution >= 0.6 is 23.2 Å². The second kappa shape index (κ2) is 10.7. The second-order valence-electron chi connectivity index (χ2n) is 8.77. The average Bonchev–Trinajstić information content (AvgIpc) is 3.42. The van der Waals surface area contributed by atoms with E-state index in [1.165, 1.54) is 24.5 Å². The number of aromatic nitrogens is 5. The van der Waals surface area contributed by atoms with Crippen LogP contribution in [0, 0.1) is 11.6 Å². The Hall–Kier alpha value is -4.59. The lowest BCUT2D eigenvalue weighted by molar-refractivity contribution is 0.419. The Morgan fingerprint density at radius 1 is 0.929 bits per heavy atom. The number of benzene rings is 3. The van der Waals surface area contributed by atoms with Gasteiger partial charge in [-0.15, -0.1) is 0 Å². The molecule has 0 saturated heterocycles. The molecule has 0 unspecified atom stereocenters. The molecule has 3 aromatic heterocycles. The van der Waals surface area contributed by atoms with Crippen molar-refractivity contribution in [2.45, 2.75) is 4.90 Å². The predicted octanol–water partition coefficient (Wildman–Crippen LogP) is 6.50. The number of hydrogen-bond acceptors (Lipinski definition) is 8. The smallest absolute Gasteiger partial charge is 0.263 e. The van der Waals surface area contributed by atoms with Crippen LogP contribution in [0.5, 0.6) is 5.75 Å². The number of imidazole rings is 1. The van der Waals surface area contributed by atoms with Crippen molar-refractivity contribution in [3.63, 3.8) is 0 Å². The molecule has 3 aromatic carbocycles. The first kappa shape index (κ1) is 27.6. The molecule has 3 heterocycles.